The number of hydrogen-bond donors (Lipinski definition) is 0. The minimum atomic E-state index is 0.614. The Bertz CT molecular complexity index is 568. The smallest absolute Gasteiger partial charge is 0.137 e. The summed E-state index contributed by atoms with van der Waals surface area (Å²) in [6.45, 7) is 1.99. The molecule has 88 valence electrons. The maximum Gasteiger partial charge on any atom is 0.137 e. The first-order valence-electron chi connectivity index (χ1n) is 5.25. The largest absolute Gasteiger partial charge is 0.246 e. The lowest BCUT2D eigenvalue weighted by Crippen LogP contribution is -2.02. The maximum atomic E-state index is 6.16. The van der Waals surface area contributed by atoms with E-state index >= 15 is 0 Å². The van der Waals surface area contributed by atoms with Gasteiger partial charge in [-0.25, -0.2) is 15.0 Å². The van der Waals surface area contributed by atoms with E-state index in [9.17, 15) is 0 Å². The predicted molar refractivity (Wildman–Crippen MR) is 71.7 cm³/mol. The van der Waals surface area contributed by atoms with Gasteiger partial charge in [0.1, 0.15) is 16.0 Å². The second-order valence-electron chi connectivity index (χ2n) is 3.91. The van der Waals surface area contributed by atoms with Crippen molar-refractivity contribution >= 4 is 34.7 Å². The van der Waals surface area contributed by atoms with Gasteiger partial charge in [-0.3, -0.25) is 0 Å². The molecule has 3 heterocycles. The van der Waals surface area contributed by atoms with E-state index in [0.29, 0.717) is 11.6 Å². The average Bonchev–Trinajstić information content (AvgIpc) is 2.87. The number of thioether (sulfide) groups is 1. The van der Waals surface area contributed by atoms with Crippen molar-refractivity contribution in [2.45, 2.75) is 24.9 Å². The van der Waals surface area contributed by atoms with Crippen molar-refractivity contribution in [3.05, 3.63) is 38.3 Å². The summed E-state index contributed by atoms with van der Waals surface area (Å²) < 4.78 is 0. The van der Waals surface area contributed by atoms with Crippen LogP contribution in [0.25, 0.3) is 0 Å². The molecule has 0 aliphatic carbocycles. The van der Waals surface area contributed by atoms with Gasteiger partial charge in [-0.1, -0.05) is 11.6 Å². The summed E-state index contributed by atoms with van der Waals surface area (Å²) in [4.78, 5) is 13.3. The van der Waals surface area contributed by atoms with Crippen molar-refractivity contribution in [2.75, 3.05) is 0 Å². The average molecular weight is 284 g/mol. The van der Waals surface area contributed by atoms with Crippen LogP contribution in [0.1, 0.15) is 27.8 Å². The summed E-state index contributed by atoms with van der Waals surface area (Å²) >= 11 is 9.65. The van der Waals surface area contributed by atoms with Crippen LogP contribution in [0.15, 0.2) is 5.38 Å². The van der Waals surface area contributed by atoms with Gasteiger partial charge in [-0.2, -0.15) is 11.8 Å². The minimum absolute atomic E-state index is 0.614. The Morgan fingerprint density at radius 3 is 2.94 bits per heavy atom. The molecule has 0 saturated heterocycles. The molecular weight excluding hydrogens is 274 g/mol. The first kappa shape index (κ1) is 11.4. The lowest BCUT2D eigenvalue weighted by Gasteiger charge is -2.03. The summed E-state index contributed by atoms with van der Waals surface area (Å²) in [7, 11) is 0. The molecule has 3 nitrogen and oxygen atoms in total. The van der Waals surface area contributed by atoms with Gasteiger partial charge in [0.05, 0.1) is 12.1 Å². The third-order valence-corrected chi connectivity index (χ3v) is 4.80. The zero-order chi connectivity index (χ0) is 11.8. The Morgan fingerprint density at radius 1 is 1.29 bits per heavy atom. The Hall–Kier alpha value is -0.650. The number of rotatable bonds is 2. The van der Waals surface area contributed by atoms with Crippen LogP contribution in [-0.4, -0.2) is 15.0 Å². The Kier molecular flexibility index (Phi) is 3.06. The molecule has 0 fully saturated rings. The van der Waals surface area contributed by atoms with E-state index in [4.69, 9.17) is 11.6 Å². The van der Waals surface area contributed by atoms with E-state index < -0.39 is 0 Å². The molecule has 0 atom stereocenters. The highest BCUT2D eigenvalue weighted by Crippen LogP contribution is 2.32. The monoisotopic (exact) mass is 283 g/mol. The fourth-order valence-corrected chi connectivity index (χ4v) is 3.92. The molecule has 1 aliphatic rings. The molecule has 0 aromatic carbocycles. The van der Waals surface area contributed by atoms with Gasteiger partial charge >= 0.3 is 0 Å². The third kappa shape index (κ3) is 2.32. The Balaban J connectivity index is 1.91. The van der Waals surface area contributed by atoms with Gasteiger partial charge in [-0.05, 0) is 6.92 Å². The van der Waals surface area contributed by atoms with E-state index in [1.807, 2.05) is 24.1 Å². The summed E-state index contributed by atoms with van der Waals surface area (Å²) in [6, 6.07) is 0. The molecule has 6 heteroatoms. The molecule has 0 amide bonds. The topological polar surface area (TPSA) is 38.7 Å². The maximum absolute atomic E-state index is 6.16. The highest BCUT2D eigenvalue weighted by molar-refractivity contribution is 7.98. The fraction of sp³-hybridized carbons (Fsp3) is 0.364. The standard InChI is InChI=1S/C11H10ClN3S2/c1-6-3-17-10(13-6)2-9-14-8-5-16-4-7(8)11(12)15-9/h3H,2,4-5H2,1H3. The molecule has 0 N–H and O–H groups in total. The third-order valence-electron chi connectivity index (χ3n) is 2.55. The number of nitrogens with zero attached hydrogens (tertiary/aromatic N) is 3. The minimum Gasteiger partial charge on any atom is -0.246 e. The number of aromatic nitrogens is 3. The Labute approximate surface area is 113 Å². The van der Waals surface area contributed by atoms with Crippen molar-refractivity contribution in [1.29, 1.82) is 0 Å². The Morgan fingerprint density at radius 2 is 2.18 bits per heavy atom. The van der Waals surface area contributed by atoms with Crippen molar-refractivity contribution in [1.82, 2.24) is 15.0 Å². The highest BCUT2D eigenvalue weighted by Gasteiger charge is 2.19. The van der Waals surface area contributed by atoms with Gasteiger partial charge in [0, 0.05) is 28.1 Å². The quantitative estimate of drug-likeness (QED) is 0.793. The summed E-state index contributed by atoms with van der Waals surface area (Å²) in [5, 5.41) is 3.70. The zero-order valence-corrected chi connectivity index (χ0v) is 11.6. The van der Waals surface area contributed by atoms with E-state index in [1.165, 1.54) is 0 Å². The number of aryl methyl sites for hydroxylation is 1. The second-order valence-corrected chi connectivity index (χ2v) is 6.19. The van der Waals surface area contributed by atoms with Crippen LogP contribution in [0.4, 0.5) is 0 Å². The normalized spacial score (nSPS) is 14.0. The number of fused-ring (bicyclic) bond motifs is 1. The van der Waals surface area contributed by atoms with Crippen LogP contribution in [0.5, 0.6) is 0 Å². The van der Waals surface area contributed by atoms with E-state index in [1.54, 1.807) is 11.3 Å². The molecule has 0 unspecified atom stereocenters. The number of hydrogen-bond acceptors (Lipinski definition) is 5. The van der Waals surface area contributed by atoms with Crippen LogP contribution in [0.2, 0.25) is 5.15 Å². The first-order chi connectivity index (χ1) is 8.22. The molecule has 2 aromatic rings. The van der Waals surface area contributed by atoms with Gasteiger partial charge in [0.25, 0.3) is 0 Å². The molecule has 0 saturated carbocycles. The van der Waals surface area contributed by atoms with Crippen molar-refractivity contribution in [3.63, 3.8) is 0 Å². The molecule has 0 bridgehead atoms. The molecule has 17 heavy (non-hydrogen) atoms. The molecular formula is C11H10ClN3S2. The second kappa shape index (κ2) is 4.55. The van der Waals surface area contributed by atoms with E-state index in [2.05, 4.69) is 15.0 Å². The van der Waals surface area contributed by atoms with Crippen LogP contribution in [-0.2, 0) is 17.9 Å². The van der Waals surface area contributed by atoms with E-state index in [0.717, 1.165) is 39.3 Å². The van der Waals surface area contributed by atoms with Crippen molar-refractivity contribution < 1.29 is 0 Å². The van der Waals surface area contributed by atoms with Gasteiger partial charge in [-0.15, -0.1) is 11.3 Å². The lowest BCUT2D eigenvalue weighted by atomic mass is 10.2. The summed E-state index contributed by atoms with van der Waals surface area (Å²) in [6.07, 6.45) is 0.677. The summed E-state index contributed by atoms with van der Waals surface area (Å²) in [5.41, 5.74) is 3.25. The van der Waals surface area contributed by atoms with Crippen LogP contribution in [0.3, 0.4) is 0 Å². The molecule has 3 rings (SSSR count). The summed E-state index contributed by atoms with van der Waals surface area (Å²) in [5.74, 6) is 2.66. The highest BCUT2D eigenvalue weighted by atomic mass is 35.5. The first-order valence-corrected chi connectivity index (χ1v) is 7.66. The molecule has 0 radical (unpaired) electrons. The fourth-order valence-electron chi connectivity index (χ4n) is 1.76. The number of halogens is 1. The van der Waals surface area contributed by atoms with Gasteiger partial charge in [0.15, 0.2) is 0 Å². The zero-order valence-electron chi connectivity index (χ0n) is 9.23. The van der Waals surface area contributed by atoms with E-state index in [-0.39, 0.29) is 0 Å². The molecule has 1 aliphatic heterocycles. The SMILES string of the molecule is Cc1csc(Cc2nc(Cl)c3c(n2)CSC3)n1. The van der Waals surface area contributed by atoms with Gasteiger partial charge < -0.3 is 0 Å². The number of thiazole rings is 1. The van der Waals surface area contributed by atoms with Crippen molar-refractivity contribution in [2.24, 2.45) is 0 Å². The van der Waals surface area contributed by atoms with Crippen LogP contribution >= 0.6 is 34.7 Å². The van der Waals surface area contributed by atoms with Crippen LogP contribution < -0.4 is 0 Å². The molecule has 0 spiro atoms. The molecule has 2 aromatic heterocycles. The predicted octanol–water partition coefficient (Wildman–Crippen LogP) is 3.23. The lowest BCUT2D eigenvalue weighted by molar-refractivity contribution is 0.917. The van der Waals surface area contributed by atoms with Gasteiger partial charge in [0.2, 0.25) is 0 Å². The van der Waals surface area contributed by atoms with Crippen molar-refractivity contribution in [3.8, 4) is 0 Å². The van der Waals surface area contributed by atoms with Crippen LogP contribution in [0, 0.1) is 6.92 Å².